The van der Waals surface area contributed by atoms with E-state index in [1.54, 1.807) is 0 Å². The quantitative estimate of drug-likeness (QED) is 0.123. The summed E-state index contributed by atoms with van der Waals surface area (Å²) in [4.78, 5) is 4.90. The summed E-state index contributed by atoms with van der Waals surface area (Å²) in [7, 11) is 0. The van der Waals surface area contributed by atoms with Gasteiger partial charge in [-0.1, -0.05) is 160 Å². The largest absolute Gasteiger partial charge is 0.458 e. The van der Waals surface area contributed by atoms with E-state index < -0.39 is 13.7 Å². The molecule has 0 radical (unpaired) electrons. The Hall–Kier alpha value is -9.78. The summed E-state index contributed by atoms with van der Waals surface area (Å²) >= 11 is 0. The molecule has 4 aromatic heterocycles. The Morgan fingerprint density at radius 3 is 2.01 bits per heavy atom. The molecule has 15 rings (SSSR count). The Kier molecular flexibility index (Phi) is 8.83. The smallest absolute Gasteiger partial charge is 0.269 e. The van der Waals surface area contributed by atoms with E-state index in [1.165, 1.54) is 23.8 Å². The average Bonchev–Trinajstić information content (AvgIpc) is 2.49. The number of aromatic nitrogens is 4. The topological polar surface area (TPSA) is 49.0 Å². The monoisotopic (exact) mass is 1010 g/mol. The van der Waals surface area contributed by atoms with Crippen LogP contribution < -0.4 is 9.30 Å². The van der Waals surface area contributed by atoms with E-state index in [9.17, 15) is 0 Å². The van der Waals surface area contributed by atoms with Gasteiger partial charge in [-0.3, -0.25) is 13.7 Å². The summed E-state index contributed by atoms with van der Waals surface area (Å²) in [6.07, 6.45) is 5.70. The van der Waals surface area contributed by atoms with E-state index in [-0.39, 0.29) is 22.1 Å². The highest BCUT2D eigenvalue weighted by Crippen LogP contribution is 2.47. The number of fused-ring (bicyclic) bond motifs is 13. The molecule has 0 N–H and O–H groups in total. The van der Waals surface area contributed by atoms with Gasteiger partial charge in [-0.2, -0.15) is 0 Å². The Labute approximate surface area is 460 Å². The fourth-order valence-electron chi connectivity index (χ4n) is 11.9. The van der Waals surface area contributed by atoms with Crippen molar-refractivity contribution in [3.63, 3.8) is 0 Å². The van der Waals surface area contributed by atoms with E-state index in [1.807, 2.05) is 100 Å². The van der Waals surface area contributed by atoms with Crippen molar-refractivity contribution in [2.45, 2.75) is 39.9 Å². The Bertz CT molecular complexity index is 5000. The molecule has 0 saturated heterocycles. The summed E-state index contributed by atoms with van der Waals surface area (Å²) in [6, 6.07) is 72.5. The molecule has 5 heterocycles. The van der Waals surface area contributed by atoms with Gasteiger partial charge in [-0.25, -0.2) is 4.98 Å². The molecule has 6 heteroatoms. The number of aryl methyl sites for hydroxylation is 2. The minimum absolute atomic E-state index is 0.0649. The van der Waals surface area contributed by atoms with Gasteiger partial charge in [0, 0.05) is 42.0 Å². The molecule has 0 amide bonds. The minimum Gasteiger partial charge on any atom is -0.458 e. The molecule has 0 atom stereocenters. The summed E-state index contributed by atoms with van der Waals surface area (Å²) in [6.45, 7) is 1.26. The van der Waals surface area contributed by atoms with Crippen LogP contribution in [0.3, 0.4) is 0 Å². The number of pyridine rings is 1. The first kappa shape index (κ1) is 39.6. The minimum atomic E-state index is -2.68. The number of hydrogen-bond acceptors (Lipinski definition) is 3. The van der Waals surface area contributed by atoms with Crippen LogP contribution in [0.5, 0.6) is 11.5 Å². The molecule has 6 nitrogen and oxygen atoms in total. The first-order valence-corrected chi connectivity index (χ1v) is 26.3. The second-order valence-electron chi connectivity index (χ2n) is 21.3. The molecule has 14 aromatic rings. The average molecular weight is 1010 g/mol. The van der Waals surface area contributed by atoms with Gasteiger partial charge in [-0.05, 0) is 164 Å². The van der Waals surface area contributed by atoms with Crippen molar-refractivity contribution in [2.24, 2.45) is 0 Å². The number of rotatable bonds is 6. The maximum absolute atomic E-state index is 8.94. The molecule has 1 aliphatic rings. The number of nitrogens with zero attached hydrogens (tertiary/aromatic N) is 4. The van der Waals surface area contributed by atoms with Crippen molar-refractivity contribution in [3.05, 3.63) is 248 Å². The standard InChI is InChI=1S/C72H52N4O2/c1-44-16-12-17-45(2)69(44)60-26-14-24-59-61-38-46(47-31-35-67-62(39-47)57-23-9-11-29-66(57)78-67)30-33-54(61)52-20-6-7-21-53(52)58-25-15-28-64-71(58)75(70(59)60)43-74(64)49-18-13-19-50(41-49)77-51-32-34-56-55-22-8-10-27-63(55)76(65(56)42-51)68-40-48(36-37-73-68)72(3,4)5/h6-42H,1-5H3/i1D3,2D3. The second-order valence-corrected chi connectivity index (χ2v) is 21.3. The second kappa shape index (κ2) is 17.4. The summed E-state index contributed by atoms with van der Waals surface area (Å²) < 4.78 is 73.0. The number of ether oxygens (including phenoxy) is 1. The number of benzene rings is 10. The molecule has 372 valence electrons. The van der Waals surface area contributed by atoms with Gasteiger partial charge in [0.25, 0.3) is 6.33 Å². The molecule has 0 unspecified atom stereocenters. The highest BCUT2D eigenvalue weighted by atomic mass is 16.5. The zero-order valence-corrected chi connectivity index (χ0v) is 43.0. The molecule has 10 aromatic carbocycles. The van der Waals surface area contributed by atoms with Gasteiger partial charge in [0.15, 0.2) is 0 Å². The van der Waals surface area contributed by atoms with Crippen LogP contribution in [0.15, 0.2) is 229 Å². The highest BCUT2D eigenvalue weighted by molar-refractivity contribution is 6.10. The summed E-state index contributed by atoms with van der Waals surface area (Å²) in [5, 5.41) is 4.21. The van der Waals surface area contributed by atoms with Gasteiger partial charge in [-0.15, -0.1) is 0 Å². The number of hydrogen-bond donors (Lipinski definition) is 0. The van der Waals surface area contributed by atoms with Crippen molar-refractivity contribution >= 4 is 54.8 Å². The third-order valence-electron chi connectivity index (χ3n) is 15.6. The van der Waals surface area contributed by atoms with Gasteiger partial charge >= 0.3 is 0 Å². The van der Waals surface area contributed by atoms with Crippen LogP contribution >= 0.6 is 0 Å². The van der Waals surface area contributed by atoms with E-state index in [0.717, 1.165) is 111 Å². The zero-order chi connectivity index (χ0) is 57.4. The van der Waals surface area contributed by atoms with Crippen molar-refractivity contribution in [1.29, 1.82) is 0 Å². The first-order valence-electron chi connectivity index (χ1n) is 29.3. The summed E-state index contributed by atoms with van der Waals surface area (Å²) in [5.41, 5.74) is 15.3. The number of para-hydroxylation sites is 4. The van der Waals surface area contributed by atoms with E-state index in [4.69, 9.17) is 22.4 Å². The lowest BCUT2D eigenvalue weighted by atomic mass is 9.85. The van der Waals surface area contributed by atoms with Crippen molar-refractivity contribution < 1.29 is 21.9 Å². The molecule has 0 spiro atoms. The summed E-state index contributed by atoms with van der Waals surface area (Å²) in [5.74, 6) is 2.05. The van der Waals surface area contributed by atoms with E-state index >= 15 is 0 Å². The molecule has 0 aliphatic carbocycles. The maximum atomic E-state index is 8.94. The number of furan rings is 1. The maximum Gasteiger partial charge on any atom is 0.269 e. The molecular weight excluding hydrogens is 953 g/mol. The SMILES string of the molecule is [2H]C([2H])([2H])c1cccc(C([2H])([2H])[2H])c1-c1cccc2c1-[n+]1[c-]n(-c3cccc(Oc4ccc5c6ccccc6n(-c6cc(C(C)(C)C)ccn6)c5c4)c3)c3cccc(c31)-c1ccccc1-c1ccc(-c3ccc4oc5ccccc5c4c3)cc1-2. The van der Waals surface area contributed by atoms with Crippen LogP contribution in [0, 0.1) is 20.0 Å². The lowest BCUT2D eigenvalue weighted by Crippen LogP contribution is -2.32. The Morgan fingerprint density at radius 1 is 0.500 bits per heavy atom. The number of imidazole rings is 1. The fourth-order valence-corrected chi connectivity index (χ4v) is 11.9. The molecule has 0 bridgehead atoms. The van der Waals surface area contributed by atoms with Gasteiger partial charge in [0.1, 0.15) is 28.5 Å². The first-order chi connectivity index (χ1) is 40.5. The van der Waals surface area contributed by atoms with Crippen LogP contribution in [0.25, 0.3) is 128 Å². The van der Waals surface area contributed by atoms with Crippen LogP contribution in [0.2, 0.25) is 0 Å². The van der Waals surface area contributed by atoms with E-state index in [2.05, 4.69) is 147 Å². The Morgan fingerprint density at radius 2 is 1.15 bits per heavy atom. The van der Waals surface area contributed by atoms with Crippen LogP contribution in [-0.4, -0.2) is 14.1 Å². The predicted molar refractivity (Wildman–Crippen MR) is 318 cm³/mol. The van der Waals surface area contributed by atoms with Crippen LogP contribution in [-0.2, 0) is 5.41 Å². The lowest BCUT2D eigenvalue weighted by Gasteiger charge is -2.21. The molecule has 78 heavy (non-hydrogen) atoms. The lowest BCUT2D eigenvalue weighted by molar-refractivity contribution is -0.570. The van der Waals surface area contributed by atoms with Crippen molar-refractivity contribution in [3.8, 4) is 84.3 Å². The van der Waals surface area contributed by atoms with Crippen LogP contribution in [0.1, 0.15) is 45.7 Å². The highest BCUT2D eigenvalue weighted by Gasteiger charge is 2.28. The van der Waals surface area contributed by atoms with Crippen molar-refractivity contribution in [2.75, 3.05) is 0 Å². The van der Waals surface area contributed by atoms with Crippen molar-refractivity contribution in [1.82, 2.24) is 14.1 Å². The molecule has 1 aliphatic heterocycles. The van der Waals surface area contributed by atoms with Gasteiger partial charge in [0.2, 0.25) is 0 Å². The molecule has 0 fully saturated rings. The van der Waals surface area contributed by atoms with Gasteiger partial charge in [0.05, 0.1) is 33.4 Å². The van der Waals surface area contributed by atoms with Gasteiger partial charge < -0.3 is 9.15 Å². The van der Waals surface area contributed by atoms with Crippen LogP contribution in [0.4, 0.5) is 0 Å². The normalized spacial score (nSPS) is 13.6. The third-order valence-corrected chi connectivity index (χ3v) is 15.6. The fraction of sp³-hybridized carbons (Fsp3) is 0.0833. The van der Waals surface area contributed by atoms with E-state index in [0.29, 0.717) is 22.7 Å². The Balaban J connectivity index is 0.956. The zero-order valence-electron chi connectivity index (χ0n) is 49.0. The predicted octanol–water partition coefficient (Wildman–Crippen LogP) is 18.5. The molecule has 0 saturated carbocycles. The third kappa shape index (κ3) is 7.17. The molecular formula is C72H52N4O2.